The van der Waals surface area contributed by atoms with E-state index in [4.69, 9.17) is 0 Å². The normalized spacial score (nSPS) is 16.5. The molecule has 2 heterocycles. The number of aromatic nitrogens is 1. The number of thiazole rings is 1. The third-order valence-electron chi connectivity index (χ3n) is 3.90. The highest BCUT2D eigenvalue weighted by Gasteiger charge is 2.21. The summed E-state index contributed by atoms with van der Waals surface area (Å²) >= 11 is 1.41. The molecule has 1 atom stereocenters. The van der Waals surface area contributed by atoms with Crippen LogP contribution in [0.25, 0.3) is 11.3 Å². The summed E-state index contributed by atoms with van der Waals surface area (Å²) in [5.41, 5.74) is 4.63. The summed E-state index contributed by atoms with van der Waals surface area (Å²) in [6.07, 6.45) is 2.28. The lowest BCUT2D eigenvalue weighted by atomic mass is 9.98. The van der Waals surface area contributed by atoms with Crippen LogP contribution in [0.5, 0.6) is 0 Å². The van der Waals surface area contributed by atoms with E-state index < -0.39 is 15.1 Å². The fourth-order valence-corrected chi connectivity index (χ4v) is 4.30. The van der Waals surface area contributed by atoms with Gasteiger partial charge in [-0.1, -0.05) is 12.1 Å². The molecule has 0 aliphatic carbocycles. The molecule has 0 spiro atoms. The van der Waals surface area contributed by atoms with Crippen LogP contribution >= 0.6 is 11.3 Å². The van der Waals surface area contributed by atoms with Gasteiger partial charge in [0.25, 0.3) is 0 Å². The Morgan fingerprint density at radius 3 is 2.90 bits per heavy atom. The molecule has 0 saturated carbocycles. The van der Waals surface area contributed by atoms with Crippen LogP contribution in [0.1, 0.15) is 28.3 Å². The van der Waals surface area contributed by atoms with Crippen molar-refractivity contribution in [3.63, 3.8) is 0 Å². The molecule has 1 aliphatic heterocycles. The summed E-state index contributed by atoms with van der Waals surface area (Å²) < 4.78 is 23.3. The predicted octanol–water partition coefficient (Wildman–Crippen LogP) is 2.56. The molecule has 0 amide bonds. The largest absolute Gasteiger partial charge is 0.312 e. The molecule has 0 radical (unpaired) electrons. The van der Waals surface area contributed by atoms with Crippen molar-refractivity contribution >= 4 is 21.2 Å². The second-order valence-corrected chi connectivity index (χ2v) is 8.71. The van der Waals surface area contributed by atoms with Crippen LogP contribution in [0.3, 0.4) is 0 Å². The van der Waals surface area contributed by atoms with Crippen molar-refractivity contribution in [2.45, 2.75) is 25.1 Å². The zero-order valence-corrected chi connectivity index (χ0v) is 13.7. The first-order valence-corrected chi connectivity index (χ1v) is 9.76. The van der Waals surface area contributed by atoms with Crippen molar-refractivity contribution in [1.82, 2.24) is 10.3 Å². The van der Waals surface area contributed by atoms with Crippen molar-refractivity contribution < 1.29 is 8.42 Å². The number of sulfone groups is 1. The van der Waals surface area contributed by atoms with E-state index in [2.05, 4.69) is 28.5 Å². The highest BCUT2D eigenvalue weighted by Crippen LogP contribution is 2.30. The van der Waals surface area contributed by atoms with Crippen LogP contribution in [-0.4, -0.2) is 26.2 Å². The molecule has 2 aromatic rings. The van der Waals surface area contributed by atoms with Crippen molar-refractivity contribution in [2.24, 2.45) is 0 Å². The van der Waals surface area contributed by atoms with E-state index in [9.17, 15) is 8.42 Å². The molecule has 6 heteroatoms. The Morgan fingerprint density at radius 1 is 1.33 bits per heavy atom. The maximum Gasteiger partial charge on any atom is 0.156 e. The van der Waals surface area contributed by atoms with E-state index in [1.807, 2.05) is 5.38 Å². The molecule has 112 valence electrons. The Bertz CT molecular complexity index is 766. The molecule has 1 N–H and O–H groups in total. The van der Waals surface area contributed by atoms with Crippen molar-refractivity contribution in [1.29, 1.82) is 0 Å². The van der Waals surface area contributed by atoms with Crippen molar-refractivity contribution in [2.75, 3.05) is 12.8 Å². The Morgan fingerprint density at radius 2 is 2.14 bits per heavy atom. The average molecular weight is 322 g/mol. The van der Waals surface area contributed by atoms with E-state index in [1.54, 1.807) is 6.92 Å². The zero-order chi connectivity index (χ0) is 15.0. The number of hydrogen-bond donors (Lipinski definition) is 1. The zero-order valence-electron chi connectivity index (χ0n) is 12.1. The van der Waals surface area contributed by atoms with Gasteiger partial charge in [0.05, 0.1) is 5.69 Å². The summed E-state index contributed by atoms with van der Waals surface area (Å²) in [5, 5.41) is 5.42. The van der Waals surface area contributed by atoms with E-state index in [-0.39, 0.29) is 0 Å². The molecule has 3 rings (SSSR count). The Balaban J connectivity index is 1.93. The van der Waals surface area contributed by atoms with Gasteiger partial charge in [0.1, 0.15) is 10.3 Å². The van der Waals surface area contributed by atoms with Crippen LogP contribution in [0.4, 0.5) is 0 Å². The highest BCUT2D eigenvalue weighted by atomic mass is 32.2. The van der Waals surface area contributed by atoms with Gasteiger partial charge >= 0.3 is 0 Å². The first-order chi connectivity index (χ1) is 9.95. The monoisotopic (exact) mass is 322 g/mol. The highest BCUT2D eigenvalue weighted by molar-refractivity contribution is 7.91. The van der Waals surface area contributed by atoms with Crippen LogP contribution in [0.2, 0.25) is 0 Å². The summed E-state index contributed by atoms with van der Waals surface area (Å²) in [5.74, 6) is 0. The van der Waals surface area contributed by atoms with Crippen LogP contribution in [-0.2, 0) is 22.8 Å². The third kappa shape index (κ3) is 3.02. The summed E-state index contributed by atoms with van der Waals surface area (Å²) in [7, 11) is -3.10. The molecular weight excluding hydrogens is 304 g/mol. The quantitative estimate of drug-likeness (QED) is 0.943. The van der Waals surface area contributed by atoms with Gasteiger partial charge in [-0.25, -0.2) is 13.4 Å². The Kier molecular flexibility index (Phi) is 3.86. The van der Waals surface area contributed by atoms with Crippen LogP contribution < -0.4 is 5.32 Å². The molecule has 0 fully saturated rings. The van der Waals surface area contributed by atoms with E-state index in [0.717, 1.165) is 30.8 Å². The van der Waals surface area contributed by atoms with E-state index >= 15 is 0 Å². The molecule has 21 heavy (non-hydrogen) atoms. The van der Waals surface area contributed by atoms with Gasteiger partial charge in [-0.3, -0.25) is 0 Å². The van der Waals surface area contributed by atoms with Gasteiger partial charge in [0, 0.05) is 23.7 Å². The minimum absolute atomic E-state index is 0.543. The SMILES string of the molecule is CC(c1nc(-c2ccc3c(c2)CCNC3)cs1)S(C)(=O)=O. The van der Waals surface area contributed by atoms with Gasteiger partial charge in [0.15, 0.2) is 9.84 Å². The molecular formula is C15H18N2O2S2. The second-order valence-electron chi connectivity index (χ2n) is 5.45. The van der Waals surface area contributed by atoms with Crippen molar-refractivity contribution in [3.05, 3.63) is 39.7 Å². The number of hydrogen-bond acceptors (Lipinski definition) is 5. The summed E-state index contributed by atoms with van der Waals surface area (Å²) in [6, 6.07) is 6.38. The van der Waals surface area contributed by atoms with E-state index in [0.29, 0.717) is 5.01 Å². The third-order valence-corrected chi connectivity index (χ3v) is 6.58. The smallest absolute Gasteiger partial charge is 0.156 e. The number of nitrogens with one attached hydrogen (secondary N) is 1. The molecule has 0 saturated heterocycles. The number of nitrogens with zero attached hydrogens (tertiary/aromatic N) is 1. The maximum atomic E-state index is 11.6. The number of benzene rings is 1. The first-order valence-electron chi connectivity index (χ1n) is 6.92. The van der Waals surface area contributed by atoms with Gasteiger partial charge in [-0.15, -0.1) is 11.3 Å². The standard InChI is InChI=1S/C15H18N2O2S2/c1-10(21(2,18)19)15-17-14(9-20-15)12-3-4-13-8-16-6-5-11(13)7-12/h3-4,7,9-10,16H,5-6,8H2,1-2H3. The molecule has 1 unspecified atom stereocenters. The lowest BCUT2D eigenvalue weighted by Crippen LogP contribution is -2.23. The van der Waals surface area contributed by atoms with E-state index in [1.165, 1.54) is 28.7 Å². The lowest BCUT2D eigenvalue weighted by Gasteiger charge is -2.17. The number of rotatable bonds is 3. The molecule has 0 bridgehead atoms. The average Bonchev–Trinajstić information content (AvgIpc) is 2.94. The van der Waals surface area contributed by atoms with Crippen molar-refractivity contribution in [3.8, 4) is 11.3 Å². The van der Waals surface area contributed by atoms with Gasteiger partial charge in [-0.2, -0.15) is 0 Å². The summed E-state index contributed by atoms with van der Waals surface area (Å²) in [6.45, 7) is 3.61. The number of fused-ring (bicyclic) bond motifs is 1. The summed E-state index contributed by atoms with van der Waals surface area (Å²) in [4.78, 5) is 4.52. The van der Waals surface area contributed by atoms with Gasteiger partial charge < -0.3 is 5.32 Å². The fourth-order valence-electron chi connectivity index (χ4n) is 2.43. The van der Waals surface area contributed by atoms with Gasteiger partial charge in [-0.05, 0) is 37.1 Å². The fraction of sp³-hybridized carbons (Fsp3) is 0.400. The predicted molar refractivity (Wildman–Crippen MR) is 86.2 cm³/mol. The first kappa shape index (κ1) is 14.7. The Labute approximate surface area is 129 Å². The second kappa shape index (κ2) is 5.51. The van der Waals surface area contributed by atoms with Crippen LogP contribution in [0, 0.1) is 0 Å². The molecule has 1 aromatic carbocycles. The van der Waals surface area contributed by atoms with Gasteiger partial charge in [0.2, 0.25) is 0 Å². The molecule has 1 aliphatic rings. The van der Waals surface area contributed by atoms with Crippen LogP contribution in [0.15, 0.2) is 23.6 Å². The lowest BCUT2D eigenvalue weighted by molar-refractivity contribution is 0.592. The molecule has 4 nitrogen and oxygen atoms in total. The molecule has 1 aromatic heterocycles. The maximum absolute atomic E-state index is 11.6. The minimum Gasteiger partial charge on any atom is -0.312 e. The minimum atomic E-state index is -3.10. The topological polar surface area (TPSA) is 59.1 Å². The Hall–Kier alpha value is -1.24.